The SMILES string of the molecule is COC(=O)c1cc(C=O)c(O)c(C(C)(C)C)c1. The van der Waals surface area contributed by atoms with Gasteiger partial charge in [0.15, 0.2) is 6.29 Å². The monoisotopic (exact) mass is 236 g/mol. The molecule has 0 aromatic heterocycles. The number of aldehydes is 1. The quantitative estimate of drug-likeness (QED) is 0.632. The van der Waals surface area contributed by atoms with Gasteiger partial charge in [-0.15, -0.1) is 0 Å². The Morgan fingerprint density at radius 2 is 1.94 bits per heavy atom. The van der Waals surface area contributed by atoms with E-state index in [2.05, 4.69) is 4.74 Å². The van der Waals surface area contributed by atoms with E-state index < -0.39 is 5.97 Å². The van der Waals surface area contributed by atoms with Crippen molar-refractivity contribution in [1.29, 1.82) is 0 Å². The molecule has 0 bridgehead atoms. The Balaban J connectivity index is 3.49. The van der Waals surface area contributed by atoms with Gasteiger partial charge in [0.1, 0.15) is 5.75 Å². The van der Waals surface area contributed by atoms with E-state index >= 15 is 0 Å². The molecule has 0 fully saturated rings. The first-order chi connectivity index (χ1) is 7.81. The lowest BCUT2D eigenvalue weighted by atomic mass is 9.84. The van der Waals surface area contributed by atoms with E-state index in [-0.39, 0.29) is 22.3 Å². The molecule has 0 aliphatic carbocycles. The van der Waals surface area contributed by atoms with Crippen molar-refractivity contribution in [2.75, 3.05) is 7.11 Å². The molecule has 4 heteroatoms. The lowest BCUT2D eigenvalue weighted by Gasteiger charge is -2.21. The van der Waals surface area contributed by atoms with E-state index in [9.17, 15) is 14.7 Å². The van der Waals surface area contributed by atoms with E-state index in [0.717, 1.165) is 0 Å². The number of ether oxygens (including phenoxy) is 1. The van der Waals surface area contributed by atoms with Gasteiger partial charge in [0.2, 0.25) is 0 Å². The Morgan fingerprint density at radius 1 is 1.35 bits per heavy atom. The van der Waals surface area contributed by atoms with Crippen LogP contribution < -0.4 is 0 Å². The van der Waals surface area contributed by atoms with Crippen LogP contribution in [0.3, 0.4) is 0 Å². The van der Waals surface area contributed by atoms with Crippen molar-refractivity contribution in [3.8, 4) is 5.75 Å². The number of aromatic hydroxyl groups is 1. The first kappa shape index (κ1) is 13.2. The molecule has 1 N–H and O–H groups in total. The summed E-state index contributed by atoms with van der Waals surface area (Å²) in [5.74, 6) is -0.612. The lowest BCUT2D eigenvalue weighted by Crippen LogP contribution is -2.14. The summed E-state index contributed by atoms with van der Waals surface area (Å²) in [4.78, 5) is 22.3. The lowest BCUT2D eigenvalue weighted by molar-refractivity contribution is 0.0600. The van der Waals surface area contributed by atoms with Gasteiger partial charge in [-0.25, -0.2) is 4.79 Å². The van der Waals surface area contributed by atoms with E-state index in [1.807, 2.05) is 20.8 Å². The minimum atomic E-state index is -0.529. The summed E-state index contributed by atoms with van der Waals surface area (Å²) in [6, 6.07) is 2.87. The second-order valence-electron chi connectivity index (χ2n) is 4.82. The Labute approximate surface area is 100 Å². The van der Waals surface area contributed by atoms with Crippen molar-refractivity contribution in [1.82, 2.24) is 0 Å². The molecular weight excluding hydrogens is 220 g/mol. The molecule has 0 saturated carbocycles. The molecule has 17 heavy (non-hydrogen) atoms. The zero-order chi connectivity index (χ0) is 13.2. The summed E-state index contributed by atoms with van der Waals surface area (Å²) in [5, 5.41) is 9.92. The zero-order valence-electron chi connectivity index (χ0n) is 10.4. The number of methoxy groups -OCH3 is 1. The number of phenolic OH excluding ortho intramolecular Hbond substituents is 1. The summed E-state index contributed by atoms with van der Waals surface area (Å²) < 4.78 is 4.61. The van der Waals surface area contributed by atoms with Crippen molar-refractivity contribution in [3.63, 3.8) is 0 Å². The van der Waals surface area contributed by atoms with Crippen LogP contribution >= 0.6 is 0 Å². The molecule has 92 valence electrons. The number of carbonyl (C=O) groups excluding carboxylic acids is 2. The predicted molar refractivity (Wildman–Crippen MR) is 63.5 cm³/mol. The van der Waals surface area contributed by atoms with Gasteiger partial charge in [-0.05, 0) is 17.5 Å². The molecule has 0 unspecified atom stereocenters. The minimum Gasteiger partial charge on any atom is -0.507 e. The maximum absolute atomic E-state index is 11.5. The third kappa shape index (κ3) is 2.64. The highest BCUT2D eigenvalue weighted by atomic mass is 16.5. The van der Waals surface area contributed by atoms with Crippen LogP contribution in [0.5, 0.6) is 5.75 Å². The summed E-state index contributed by atoms with van der Waals surface area (Å²) in [7, 11) is 1.27. The Hall–Kier alpha value is -1.84. The number of benzene rings is 1. The summed E-state index contributed by atoms with van der Waals surface area (Å²) in [6.45, 7) is 5.66. The average Bonchev–Trinajstić information content (AvgIpc) is 2.26. The van der Waals surface area contributed by atoms with Crippen molar-refractivity contribution >= 4 is 12.3 Å². The van der Waals surface area contributed by atoms with E-state index in [4.69, 9.17) is 0 Å². The first-order valence-electron chi connectivity index (χ1n) is 5.22. The third-order valence-electron chi connectivity index (χ3n) is 2.50. The van der Waals surface area contributed by atoms with E-state index in [1.54, 1.807) is 6.07 Å². The Bertz CT molecular complexity index is 455. The number of hydrogen-bond donors (Lipinski definition) is 1. The molecule has 1 rings (SSSR count). The first-order valence-corrected chi connectivity index (χ1v) is 5.22. The average molecular weight is 236 g/mol. The fraction of sp³-hybridized carbons (Fsp3) is 0.385. The van der Waals surface area contributed by atoms with Crippen LogP contribution in [0, 0.1) is 0 Å². The highest BCUT2D eigenvalue weighted by Crippen LogP contribution is 2.33. The van der Waals surface area contributed by atoms with Gasteiger partial charge in [-0.1, -0.05) is 20.8 Å². The van der Waals surface area contributed by atoms with Crippen LogP contribution in [0.25, 0.3) is 0 Å². The second kappa shape index (κ2) is 4.57. The second-order valence-corrected chi connectivity index (χ2v) is 4.82. The molecule has 0 amide bonds. The molecule has 1 aromatic carbocycles. The third-order valence-corrected chi connectivity index (χ3v) is 2.50. The fourth-order valence-corrected chi connectivity index (χ4v) is 1.55. The standard InChI is InChI=1S/C13H16O4/c1-13(2,3)10-6-8(12(16)17-4)5-9(7-14)11(10)15/h5-7,15H,1-4H3. The smallest absolute Gasteiger partial charge is 0.337 e. The molecular formula is C13H16O4. The van der Waals surface area contributed by atoms with Gasteiger partial charge in [-0.2, -0.15) is 0 Å². The van der Waals surface area contributed by atoms with Gasteiger partial charge >= 0.3 is 5.97 Å². The number of carbonyl (C=O) groups is 2. The predicted octanol–water partition coefficient (Wildman–Crippen LogP) is 2.29. The van der Waals surface area contributed by atoms with Gasteiger partial charge in [0, 0.05) is 5.56 Å². The zero-order valence-corrected chi connectivity index (χ0v) is 10.4. The molecule has 0 radical (unpaired) electrons. The number of rotatable bonds is 2. The highest BCUT2D eigenvalue weighted by Gasteiger charge is 2.23. The molecule has 4 nitrogen and oxygen atoms in total. The summed E-state index contributed by atoms with van der Waals surface area (Å²) >= 11 is 0. The van der Waals surface area contributed by atoms with Crippen LogP contribution in [0.15, 0.2) is 12.1 Å². The number of hydrogen-bond acceptors (Lipinski definition) is 4. The molecule has 0 aliphatic rings. The van der Waals surface area contributed by atoms with Crippen molar-refractivity contribution < 1.29 is 19.4 Å². The molecule has 0 spiro atoms. The highest BCUT2D eigenvalue weighted by molar-refractivity contribution is 5.93. The fourth-order valence-electron chi connectivity index (χ4n) is 1.55. The van der Waals surface area contributed by atoms with Crippen LogP contribution in [0.4, 0.5) is 0 Å². The van der Waals surface area contributed by atoms with Gasteiger partial charge < -0.3 is 9.84 Å². The van der Waals surface area contributed by atoms with Gasteiger partial charge in [-0.3, -0.25) is 4.79 Å². The maximum Gasteiger partial charge on any atom is 0.337 e. The van der Waals surface area contributed by atoms with E-state index in [0.29, 0.717) is 11.8 Å². The molecule has 0 atom stereocenters. The van der Waals surface area contributed by atoms with Gasteiger partial charge in [0.05, 0.1) is 18.2 Å². The Morgan fingerprint density at radius 3 is 2.35 bits per heavy atom. The topological polar surface area (TPSA) is 63.6 Å². The number of esters is 1. The van der Waals surface area contributed by atoms with Crippen molar-refractivity contribution in [2.45, 2.75) is 26.2 Å². The van der Waals surface area contributed by atoms with Crippen LogP contribution in [0.2, 0.25) is 0 Å². The summed E-state index contributed by atoms with van der Waals surface area (Å²) in [5.41, 5.74) is 0.531. The van der Waals surface area contributed by atoms with E-state index in [1.165, 1.54) is 13.2 Å². The number of phenols is 1. The maximum atomic E-state index is 11.5. The molecule has 0 heterocycles. The molecule has 0 aliphatic heterocycles. The van der Waals surface area contributed by atoms with Crippen molar-refractivity contribution in [3.05, 3.63) is 28.8 Å². The molecule has 1 aromatic rings. The van der Waals surface area contributed by atoms with Crippen LogP contribution in [-0.4, -0.2) is 24.5 Å². The van der Waals surface area contributed by atoms with Crippen molar-refractivity contribution in [2.24, 2.45) is 0 Å². The molecule has 0 saturated heterocycles. The Kier molecular flexibility index (Phi) is 3.56. The van der Waals surface area contributed by atoms with Gasteiger partial charge in [0.25, 0.3) is 0 Å². The minimum absolute atomic E-state index is 0.0832. The van der Waals surface area contributed by atoms with Crippen LogP contribution in [0.1, 0.15) is 47.1 Å². The normalized spacial score (nSPS) is 11.1. The van der Waals surface area contributed by atoms with Crippen LogP contribution in [-0.2, 0) is 10.2 Å². The largest absolute Gasteiger partial charge is 0.507 e. The summed E-state index contributed by atoms with van der Waals surface area (Å²) in [6.07, 6.45) is 0.525.